The van der Waals surface area contributed by atoms with Crippen LogP contribution in [0, 0.1) is 5.92 Å². The lowest BCUT2D eigenvalue weighted by atomic mass is 10.1. The molecule has 1 amide bonds. The van der Waals surface area contributed by atoms with E-state index in [1.54, 1.807) is 0 Å². The highest BCUT2D eigenvalue weighted by Crippen LogP contribution is 2.02. The maximum atomic E-state index is 11.6. The Balaban J connectivity index is 2.37. The first-order valence-corrected chi connectivity index (χ1v) is 5.73. The van der Waals surface area contributed by atoms with E-state index in [9.17, 15) is 4.79 Å². The molecule has 1 atom stereocenters. The second-order valence-electron chi connectivity index (χ2n) is 3.70. The van der Waals surface area contributed by atoms with Gasteiger partial charge in [0.15, 0.2) is 5.11 Å². The fourth-order valence-corrected chi connectivity index (χ4v) is 1.54. The lowest BCUT2D eigenvalue weighted by Gasteiger charge is -2.29. The van der Waals surface area contributed by atoms with Gasteiger partial charge in [-0.1, -0.05) is 13.8 Å². The van der Waals surface area contributed by atoms with E-state index in [4.69, 9.17) is 17.0 Å². The van der Waals surface area contributed by atoms with Gasteiger partial charge in [0.05, 0.1) is 13.2 Å². The first-order chi connectivity index (χ1) is 7.15. The van der Waals surface area contributed by atoms with Crippen LogP contribution in [0.1, 0.15) is 20.3 Å². The zero-order valence-corrected chi connectivity index (χ0v) is 10.1. The minimum atomic E-state index is 0.00833. The summed E-state index contributed by atoms with van der Waals surface area (Å²) in [7, 11) is 0. The lowest BCUT2D eigenvalue weighted by Crippen LogP contribution is -2.48. The largest absolute Gasteiger partial charge is 0.378 e. The molecule has 1 heterocycles. The van der Waals surface area contributed by atoms with Crippen LogP contribution in [0.25, 0.3) is 0 Å². The number of carbonyl (C=O) groups excluding carboxylic acids is 1. The number of rotatable bonds is 2. The Labute approximate surface area is 96.0 Å². The number of hydrogen-bond donors (Lipinski definition) is 1. The number of thiocarbonyl (C=S) groups is 1. The molecule has 0 aromatic carbocycles. The maximum Gasteiger partial charge on any atom is 0.228 e. The van der Waals surface area contributed by atoms with Crippen LogP contribution in [-0.2, 0) is 9.53 Å². The molecule has 0 radical (unpaired) electrons. The topological polar surface area (TPSA) is 41.6 Å². The van der Waals surface area contributed by atoms with Gasteiger partial charge in [0.2, 0.25) is 5.91 Å². The van der Waals surface area contributed by atoms with Crippen molar-refractivity contribution in [1.29, 1.82) is 0 Å². The molecule has 1 aliphatic heterocycles. The van der Waals surface area contributed by atoms with Crippen LogP contribution in [0.15, 0.2) is 0 Å². The molecule has 0 bridgehead atoms. The van der Waals surface area contributed by atoms with Crippen LogP contribution < -0.4 is 5.32 Å². The standard InChI is InChI=1S/C10H18N2O2S/c1-3-8(2)9(13)11-10(15)12-4-6-14-7-5-12/h8H,3-7H2,1-2H3,(H,11,13,15)/t8-/m1/s1. The summed E-state index contributed by atoms with van der Waals surface area (Å²) in [6, 6.07) is 0. The highest BCUT2D eigenvalue weighted by atomic mass is 32.1. The van der Waals surface area contributed by atoms with E-state index in [0.29, 0.717) is 18.3 Å². The predicted molar refractivity (Wildman–Crippen MR) is 62.6 cm³/mol. The average Bonchev–Trinajstić information content (AvgIpc) is 2.29. The third kappa shape index (κ3) is 3.76. The van der Waals surface area contributed by atoms with Crippen LogP contribution in [0.2, 0.25) is 0 Å². The summed E-state index contributed by atoms with van der Waals surface area (Å²) >= 11 is 5.16. The molecule has 0 aromatic heterocycles. The molecule has 15 heavy (non-hydrogen) atoms. The van der Waals surface area contributed by atoms with E-state index in [-0.39, 0.29) is 11.8 Å². The summed E-state index contributed by atoms with van der Waals surface area (Å²) in [4.78, 5) is 13.5. The van der Waals surface area contributed by atoms with Crippen molar-refractivity contribution in [2.24, 2.45) is 5.92 Å². The quantitative estimate of drug-likeness (QED) is 0.711. The molecule has 0 aliphatic carbocycles. The van der Waals surface area contributed by atoms with Crippen molar-refractivity contribution in [2.45, 2.75) is 20.3 Å². The van der Waals surface area contributed by atoms with E-state index in [0.717, 1.165) is 19.5 Å². The minimum absolute atomic E-state index is 0.00833. The zero-order chi connectivity index (χ0) is 11.3. The summed E-state index contributed by atoms with van der Waals surface area (Å²) in [5.74, 6) is 0.0259. The molecule has 1 N–H and O–H groups in total. The molecule has 1 aliphatic rings. The SMILES string of the molecule is CC[C@@H](C)C(=O)NC(=S)N1CCOCC1. The van der Waals surface area contributed by atoms with Gasteiger partial charge in [0.25, 0.3) is 0 Å². The van der Waals surface area contributed by atoms with E-state index in [2.05, 4.69) is 5.32 Å². The first kappa shape index (κ1) is 12.4. The number of morpholine rings is 1. The van der Waals surface area contributed by atoms with Crippen LogP contribution in [-0.4, -0.2) is 42.2 Å². The van der Waals surface area contributed by atoms with Crippen LogP contribution in [0.4, 0.5) is 0 Å². The summed E-state index contributed by atoms with van der Waals surface area (Å²) in [5, 5.41) is 3.29. The Morgan fingerprint density at radius 1 is 1.53 bits per heavy atom. The highest BCUT2D eigenvalue weighted by Gasteiger charge is 2.17. The van der Waals surface area contributed by atoms with Gasteiger partial charge in [0, 0.05) is 19.0 Å². The van der Waals surface area contributed by atoms with Gasteiger partial charge in [-0.3, -0.25) is 4.79 Å². The van der Waals surface area contributed by atoms with Crippen LogP contribution >= 0.6 is 12.2 Å². The van der Waals surface area contributed by atoms with Crippen LogP contribution in [0.3, 0.4) is 0 Å². The second-order valence-corrected chi connectivity index (χ2v) is 4.09. The summed E-state index contributed by atoms with van der Waals surface area (Å²) < 4.78 is 5.21. The van der Waals surface area contributed by atoms with Crippen molar-refractivity contribution in [1.82, 2.24) is 10.2 Å². The Kier molecular flexibility index (Phi) is 4.98. The highest BCUT2D eigenvalue weighted by molar-refractivity contribution is 7.80. The Morgan fingerprint density at radius 2 is 2.13 bits per heavy atom. The average molecular weight is 230 g/mol. The molecule has 86 valence electrons. The van der Waals surface area contributed by atoms with Gasteiger partial charge in [-0.2, -0.15) is 0 Å². The first-order valence-electron chi connectivity index (χ1n) is 5.32. The molecule has 0 unspecified atom stereocenters. The Morgan fingerprint density at radius 3 is 2.67 bits per heavy atom. The molecule has 5 heteroatoms. The van der Waals surface area contributed by atoms with Gasteiger partial charge in [-0.05, 0) is 18.6 Å². The van der Waals surface area contributed by atoms with E-state index in [1.807, 2.05) is 18.7 Å². The number of amides is 1. The molecule has 1 fully saturated rings. The molecular weight excluding hydrogens is 212 g/mol. The van der Waals surface area contributed by atoms with E-state index < -0.39 is 0 Å². The van der Waals surface area contributed by atoms with Gasteiger partial charge in [0.1, 0.15) is 0 Å². The van der Waals surface area contributed by atoms with E-state index in [1.165, 1.54) is 0 Å². The third-order valence-electron chi connectivity index (χ3n) is 2.59. The van der Waals surface area contributed by atoms with Gasteiger partial charge < -0.3 is 15.0 Å². The molecule has 1 rings (SSSR count). The lowest BCUT2D eigenvalue weighted by molar-refractivity contribution is -0.123. The van der Waals surface area contributed by atoms with Crippen molar-refractivity contribution >= 4 is 23.2 Å². The molecule has 0 spiro atoms. The summed E-state index contributed by atoms with van der Waals surface area (Å²) in [6.45, 7) is 6.78. The van der Waals surface area contributed by atoms with Crippen LogP contribution in [0.5, 0.6) is 0 Å². The number of nitrogens with one attached hydrogen (secondary N) is 1. The molecular formula is C10H18N2O2S. The maximum absolute atomic E-state index is 11.6. The fourth-order valence-electron chi connectivity index (χ4n) is 1.26. The number of nitrogens with zero attached hydrogens (tertiary/aromatic N) is 1. The third-order valence-corrected chi connectivity index (χ3v) is 2.95. The summed E-state index contributed by atoms with van der Waals surface area (Å²) in [6.07, 6.45) is 0.831. The van der Waals surface area contributed by atoms with Crippen molar-refractivity contribution in [3.8, 4) is 0 Å². The predicted octanol–water partition coefficient (Wildman–Crippen LogP) is 0.766. The zero-order valence-electron chi connectivity index (χ0n) is 9.28. The van der Waals surface area contributed by atoms with E-state index >= 15 is 0 Å². The Bertz CT molecular complexity index is 240. The molecule has 4 nitrogen and oxygen atoms in total. The summed E-state index contributed by atoms with van der Waals surface area (Å²) in [5.41, 5.74) is 0. The normalized spacial score (nSPS) is 18.4. The van der Waals surface area contributed by atoms with Crippen molar-refractivity contribution in [3.05, 3.63) is 0 Å². The van der Waals surface area contributed by atoms with Gasteiger partial charge in [-0.15, -0.1) is 0 Å². The monoisotopic (exact) mass is 230 g/mol. The molecule has 0 aromatic rings. The molecule has 1 saturated heterocycles. The van der Waals surface area contributed by atoms with Crippen molar-refractivity contribution < 1.29 is 9.53 Å². The Hall–Kier alpha value is -0.680. The van der Waals surface area contributed by atoms with Crippen molar-refractivity contribution in [3.63, 3.8) is 0 Å². The second kappa shape index (κ2) is 6.02. The minimum Gasteiger partial charge on any atom is -0.378 e. The van der Waals surface area contributed by atoms with Gasteiger partial charge in [-0.25, -0.2) is 0 Å². The van der Waals surface area contributed by atoms with Gasteiger partial charge >= 0.3 is 0 Å². The molecule has 0 saturated carbocycles. The fraction of sp³-hybridized carbons (Fsp3) is 0.800. The smallest absolute Gasteiger partial charge is 0.228 e. The van der Waals surface area contributed by atoms with Crippen molar-refractivity contribution in [2.75, 3.05) is 26.3 Å². The number of hydrogen-bond acceptors (Lipinski definition) is 3. The number of ether oxygens (including phenoxy) is 1. The number of carbonyl (C=O) groups is 1.